The topological polar surface area (TPSA) is 74.8 Å². The van der Waals surface area contributed by atoms with Crippen molar-refractivity contribution in [1.29, 1.82) is 0 Å². The fourth-order valence-electron chi connectivity index (χ4n) is 3.02. The lowest BCUT2D eigenvalue weighted by Gasteiger charge is -2.21. The highest BCUT2D eigenvalue weighted by molar-refractivity contribution is 5.86. The van der Waals surface area contributed by atoms with Gasteiger partial charge in [-0.3, -0.25) is 9.79 Å². The fraction of sp³-hybridized carbons (Fsp3) is 0.579. The molecule has 0 fully saturated rings. The van der Waals surface area contributed by atoms with E-state index in [9.17, 15) is 4.79 Å². The van der Waals surface area contributed by atoms with Gasteiger partial charge < -0.3 is 20.7 Å². The van der Waals surface area contributed by atoms with Crippen molar-refractivity contribution < 1.29 is 9.53 Å². The third kappa shape index (κ3) is 6.05. The van der Waals surface area contributed by atoms with E-state index in [1.165, 1.54) is 42.4 Å². The highest BCUT2D eigenvalue weighted by Crippen LogP contribution is 2.24. The van der Waals surface area contributed by atoms with E-state index in [1.54, 1.807) is 14.2 Å². The molecule has 3 N–H and O–H groups in total. The van der Waals surface area contributed by atoms with Crippen LogP contribution in [0.15, 0.2) is 23.2 Å². The zero-order valence-electron chi connectivity index (χ0n) is 15.5. The van der Waals surface area contributed by atoms with Crippen LogP contribution in [0.2, 0.25) is 0 Å². The minimum atomic E-state index is -0.0820. The predicted octanol–water partition coefficient (Wildman–Crippen LogP) is 1.55. The van der Waals surface area contributed by atoms with Crippen LogP contribution in [0.3, 0.4) is 0 Å². The van der Waals surface area contributed by atoms with E-state index >= 15 is 0 Å². The van der Waals surface area contributed by atoms with Crippen LogP contribution in [0.4, 0.5) is 0 Å². The van der Waals surface area contributed by atoms with Crippen molar-refractivity contribution in [3.63, 3.8) is 0 Å². The lowest BCUT2D eigenvalue weighted by atomic mass is 9.89. The SMILES string of the molecule is CN=C(NCC(=O)NCCOC)NC(C)c1ccc2c(c1)CCCC2. The number of rotatable bonds is 7. The number of guanidine groups is 1. The van der Waals surface area contributed by atoms with Crippen LogP contribution in [0, 0.1) is 0 Å². The molecule has 6 heteroatoms. The summed E-state index contributed by atoms with van der Waals surface area (Å²) < 4.78 is 4.91. The standard InChI is InChI=1S/C19H30N4O2/c1-14(16-9-8-15-6-4-5-7-17(15)12-16)23-19(20-2)22-13-18(24)21-10-11-25-3/h8-9,12,14H,4-7,10-11,13H2,1-3H3,(H,21,24)(H2,20,22,23). The molecule has 1 aliphatic carbocycles. The van der Waals surface area contributed by atoms with Crippen molar-refractivity contribution in [2.75, 3.05) is 33.9 Å². The van der Waals surface area contributed by atoms with Gasteiger partial charge in [0.1, 0.15) is 0 Å². The molecule has 0 radical (unpaired) electrons. The molecule has 0 aromatic heterocycles. The molecule has 0 saturated heterocycles. The van der Waals surface area contributed by atoms with Crippen LogP contribution in [0.5, 0.6) is 0 Å². The van der Waals surface area contributed by atoms with Crippen molar-refractivity contribution >= 4 is 11.9 Å². The van der Waals surface area contributed by atoms with Crippen molar-refractivity contribution in [2.24, 2.45) is 4.99 Å². The molecule has 1 aliphatic rings. The van der Waals surface area contributed by atoms with Gasteiger partial charge in [0.25, 0.3) is 0 Å². The Bertz CT molecular complexity index is 601. The Kier molecular flexibility index (Phi) is 7.73. The summed E-state index contributed by atoms with van der Waals surface area (Å²) in [5.41, 5.74) is 4.20. The molecular formula is C19H30N4O2. The first kappa shape index (κ1) is 19.2. The van der Waals surface area contributed by atoms with E-state index < -0.39 is 0 Å². The number of benzene rings is 1. The predicted molar refractivity (Wildman–Crippen MR) is 101 cm³/mol. The maximum absolute atomic E-state index is 11.7. The van der Waals surface area contributed by atoms with Gasteiger partial charge in [-0.05, 0) is 49.3 Å². The number of ether oxygens (including phenoxy) is 1. The highest BCUT2D eigenvalue weighted by Gasteiger charge is 2.13. The molecule has 2 rings (SSSR count). The molecule has 6 nitrogen and oxygen atoms in total. The number of hydrogen-bond acceptors (Lipinski definition) is 3. The average molecular weight is 346 g/mol. The van der Waals surface area contributed by atoms with Crippen LogP contribution in [-0.2, 0) is 22.4 Å². The molecule has 0 saturated carbocycles. The first-order chi connectivity index (χ1) is 12.1. The van der Waals surface area contributed by atoms with Gasteiger partial charge in [-0.1, -0.05) is 18.2 Å². The third-order valence-corrected chi connectivity index (χ3v) is 4.49. The van der Waals surface area contributed by atoms with Crippen molar-refractivity contribution in [2.45, 2.75) is 38.6 Å². The molecule has 1 unspecified atom stereocenters. The Hall–Kier alpha value is -2.08. The average Bonchev–Trinajstić information content (AvgIpc) is 2.64. The summed E-state index contributed by atoms with van der Waals surface area (Å²) in [6, 6.07) is 6.86. The van der Waals surface area contributed by atoms with E-state index in [4.69, 9.17) is 4.74 Å². The third-order valence-electron chi connectivity index (χ3n) is 4.49. The largest absolute Gasteiger partial charge is 0.383 e. The number of fused-ring (bicyclic) bond motifs is 1. The molecule has 1 amide bonds. The van der Waals surface area contributed by atoms with E-state index in [0.29, 0.717) is 19.1 Å². The molecular weight excluding hydrogens is 316 g/mol. The van der Waals surface area contributed by atoms with Crippen LogP contribution in [0.25, 0.3) is 0 Å². The Labute approximate surface area is 150 Å². The summed E-state index contributed by atoms with van der Waals surface area (Å²) >= 11 is 0. The second-order valence-electron chi connectivity index (χ2n) is 6.37. The zero-order chi connectivity index (χ0) is 18.1. The Balaban J connectivity index is 1.85. The molecule has 0 aliphatic heterocycles. The number of nitrogens with one attached hydrogen (secondary N) is 3. The van der Waals surface area contributed by atoms with Crippen LogP contribution in [-0.4, -0.2) is 45.7 Å². The summed E-state index contributed by atoms with van der Waals surface area (Å²) in [6.45, 7) is 3.30. The number of aryl methyl sites for hydroxylation is 2. The summed E-state index contributed by atoms with van der Waals surface area (Å²) in [5.74, 6) is 0.536. The Morgan fingerprint density at radius 1 is 1.24 bits per heavy atom. The second-order valence-corrected chi connectivity index (χ2v) is 6.37. The van der Waals surface area contributed by atoms with E-state index in [0.717, 1.165) is 0 Å². The Morgan fingerprint density at radius 2 is 2.00 bits per heavy atom. The fourth-order valence-corrected chi connectivity index (χ4v) is 3.02. The van der Waals surface area contributed by atoms with Gasteiger partial charge in [-0.25, -0.2) is 0 Å². The first-order valence-electron chi connectivity index (χ1n) is 8.98. The number of amides is 1. The van der Waals surface area contributed by atoms with Gasteiger partial charge in [0.05, 0.1) is 19.2 Å². The van der Waals surface area contributed by atoms with Crippen molar-refractivity contribution in [1.82, 2.24) is 16.0 Å². The molecule has 25 heavy (non-hydrogen) atoms. The molecule has 1 aromatic rings. The Morgan fingerprint density at radius 3 is 2.72 bits per heavy atom. The first-order valence-corrected chi connectivity index (χ1v) is 8.98. The summed E-state index contributed by atoms with van der Waals surface area (Å²) in [7, 11) is 3.32. The molecule has 1 atom stereocenters. The summed E-state index contributed by atoms with van der Waals surface area (Å²) in [4.78, 5) is 15.9. The smallest absolute Gasteiger partial charge is 0.239 e. The van der Waals surface area contributed by atoms with Gasteiger partial charge in [-0.2, -0.15) is 0 Å². The molecule has 0 spiro atoms. The monoisotopic (exact) mass is 346 g/mol. The maximum atomic E-state index is 11.7. The van der Waals surface area contributed by atoms with Crippen LogP contribution < -0.4 is 16.0 Å². The second kappa shape index (κ2) is 10.0. The normalized spacial score (nSPS) is 15.2. The molecule has 0 bridgehead atoms. The number of aliphatic imine (C=N–C) groups is 1. The van der Waals surface area contributed by atoms with Crippen LogP contribution >= 0.6 is 0 Å². The summed E-state index contributed by atoms with van der Waals surface area (Å²) in [5, 5.41) is 9.16. The summed E-state index contributed by atoms with van der Waals surface area (Å²) in [6.07, 6.45) is 4.94. The minimum absolute atomic E-state index is 0.0820. The van der Waals surface area contributed by atoms with Crippen molar-refractivity contribution in [3.05, 3.63) is 34.9 Å². The maximum Gasteiger partial charge on any atom is 0.239 e. The number of carbonyl (C=O) groups is 1. The van der Waals surface area contributed by atoms with Gasteiger partial charge in [0.2, 0.25) is 5.91 Å². The van der Waals surface area contributed by atoms with Gasteiger partial charge >= 0.3 is 0 Å². The number of nitrogens with zero attached hydrogens (tertiary/aromatic N) is 1. The van der Waals surface area contributed by atoms with Crippen molar-refractivity contribution in [3.8, 4) is 0 Å². The molecule has 1 aromatic carbocycles. The molecule has 138 valence electrons. The van der Waals surface area contributed by atoms with Gasteiger partial charge in [0, 0.05) is 20.7 Å². The lowest BCUT2D eigenvalue weighted by Crippen LogP contribution is -2.44. The number of methoxy groups -OCH3 is 1. The van der Waals surface area contributed by atoms with E-state index in [1.807, 2.05) is 0 Å². The molecule has 0 heterocycles. The quantitative estimate of drug-likeness (QED) is 0.398. The van der Waals surface area contributed by atoms with E-state index in [-0.39, 0.29) is 18.5 Å². The van der Waals surface area contributed by atoms with Gasteiger partial charge in [-0.15, -0.1) is 0 Å². The number of carbonyl (C=O) groups excluding carboxylic acids is 1. The number of hydrogen-bond donors (Lipinski definition) is 3. The van der Waals surface area contributed by atoms with Crippen LogP contribution in [0.1, 0.15) is 42.5 Å². The van der Waals surface area contributed by atoms with E-state index in [2.05, 4.69) is 46.1 Å². The highest BCUT2D eigenvalue weighted by atomic mass is 16.5. The van der Waals surface area contributed by atoms with Gasteiger partial charge in [0.15, 0.2) is 5.96 Å². The lowest BCUT2D eigenvalue weighted by molar-refractivity contribution is -0.120. The zero-order valence-corrected chi connectivity index (χ0v) is 15.5. The minimum Gasteiger partial charge on any atom is -0.383 e.